The van der Waals surface area contributed by atoms with Crippen LogP contribution in [0.1, 0.15) is 21.0 Å². The van der Waals surface area contributed by atoms with Gasteiger partial charge < -0.3 is 9.47 Å². The maximum atomic E-state index is 12.7. The van der Waals surface area contributed by atoms with Crippen LogP contribution in [0.15, 0.2) is 60.7 Å². The zero-order chi connectivity index (χ0) is 21.8. The van der Waals surface area contributed by atoms with Gasteiger partial charge in [0.05, 0.1) is 24.8 Å². The number of para-hydroxylation sites is 1. The van der Waals surface area contributed by atoms with Gasteiger partial charge in [-0.15, -0.1) is 0 Å². The molecule has 0 unspecified atom stereocenters. The highest BCUT2D eigenvalue weighted by molar-refractivity contribution is 7.19. The van der Waals surface area contributed by atoms with E-state index in [4.69, 9.17) is 9.47 Å². The minimum Gasteiger partial charge on any atom is -0.496 e. The molecule has 0 bridgehead atoms. The van der Waals surface area contributed by atoms with E-state index in [9.17, 15) is 9.59 Å². The normalized spacial score (nSPS) is 10.5. The van der Waals surface area contributed by atoms with Crippen molar-refractivity contribution in [3.05, 3.63) is 72.1 Å². The molecule has 2 aromatic carbocycles. The van der Waals surface area contributed by atoms with Crippen LogP contribution in [-0.4, -0.2) is 41.3 Å². The Labute approximate surface area is 181 Å². The number of aromatic amines is 1. The first-order chi connectivity index (χ1) is 15.1. The van der Waals surface area contributed by atoms with Crippen LogP contribution in [-0.2, 0) is 4.74 Å². The van der Waals surface area contributed by atoms with Crippen molar-refractivity contribution in [2.24, 2.45) is 0 Å². The third kappa shape index (κ3) is 4.17. The summed E-state index contributed by atoms with van der Waals surface area (Å²) in [7, 11) is 2.86. The highest BCUT2D eigenvalue weighted by atomic mass is 32.1. The van der Waals surface area contributed by atoms with Crippen LogP contribution in [0.4, 0.5) is 5.13 Å². The quantitative estimate of drug-likeness (QED) is 0.440. The third-order valence-electron chi connectivity index (χ3n) is 4.47. The molecule has 2 N–H and O–H groups in total. The summed E-state index contributed by atoms with van der Waals surface area (Å²) in [6.07, 6.45) is 0. The number of anilines is 1. The molecule has 4 rings (SSSR count). The van der Waals surface area contributed by atoms with Gasteiger partial charge in [0.1, 0.15) is 11.4 Å². The molecule has 9 heteroatoms. The van der Waals surface area contributed by atoms with Gasteiger partial charge in [0.25, 0.3) is 5.91 Å². The topological polar surface area (TPSA) is 106 Å². The van der Waals surface area contributed by atoms with E-state index in [1.165, 1.54) is 18.4 Å². The molecule has 0 spiro atoms. The molecule has 0 radical (unpaired) electrons. The summed E-state index contributed by atoms with van der Waals surface area (Å²) in [5.41, 5.74) is 2.53. The first kappa shape index (κ1) is 20.3. The summed E-state index contributed by atoms with van der Waals surface area (Å²) in [4.78, 5) is 29.8. The molecule has 0 fully saturated rings. The van der Waals surface area contributed by atoms with Gasteiger partial charge in [0.2, 0.25) is 0 Å². The average molecular weight is 434 g/mol. The van der Waals surface area contributed by atoms with Gasteiger partial charge in [-0.25, -0.2) is 9.78 Å². The zero-order valence-corrected chi connectivity index (χ0v) is 17.5. The molecular formula is C22H18N4O4S. The molecule has 0 aliphatic carbocycles. The molecule has 0 saturated heterocycles. The maximum Gasteiger partial charge on any atom is 0.358 e. The molecule has 0 aliphatic heterocycles. The minimum absolute atomic E-state index is 0.147. The second kappa shape index (κ2) is 8.80. The third-order valence-corrected chi connectivity index (χ3v) is 5.49. The molecule has 31 heavy (non-hydrogen) atoms. The number of esters is 1. The number of carbonyl (C=O) groups is 2. The first-order valence-corrected chi connectivity index (χ1v) is 10.1. The fraction of sp³-hybridized carbons (Fsp3) is 0.0909. The Kier molecular flexibility index (Phi) is 5.76. The molecule has 2 heterocycles. The van der Waals surface area contributed by atoms with E-state index in [2.05, 4.69) is 20.5 Å². The van der Waals surface area contributed by atoms with Crippen LogP contribution in [0.25, 0.3) is 21.7 Å². The summed E-state index contributed by atoms with van der Waals surface area (Å²) in [5.74, 6) is -0.356. The molecule has 0 saturated carbocycles. The van der Waals surface area contributed by atoms with Gasteiger partial charge in [0.15, 0.2) is 10.8 Å². The minimum atomic E-state index is -0.574. The number of nitrogens with zero attached hydrogens (tertiary/aromatic N) is 2. The molecular weight excluding hydrogens is 416 g/mol. The van der Waals surface area contributed by atoms with E-state index < -0.39 is 11.9 Å². The van der Waals surface area contributed by atoms with Crippen LogP contribution in [0.3, 0.4) is 0 Å². The number of thiazole rings is 1. The van der Waals surface area contributed by atoms with Crippen molar-refractivity contribution in [3.8, 4) is 27.4 Å². The SMILES string of the molecule is COC(=O)c1nc(NC(=O)c2cc(-c3ccccc3OC)n[nH]2)sc1-c1ccccc1. The van der Waals surface area contributed by atoms with Crippen molar-refractivity contribution in [2.75, 3.05) is 19.5 Å². The molecule has 156 valence electrons. The number of benzene rings is 2. The summed E-state index contributed by atoms with van der Waals surface area (Å²) >= 11 is 1.19. The lowest BCUT2D eigenvalue weighted by atomic mass is 10.1. The van der Waals surface area contributed by atoms with E-state index in [1.54, 1.807) is 13.2 Å². The number of aromatic nitrogens is 3. The number of methoxy groups -OCH3 is 2. The van der Waals surface area contributed by atoms with E-state index in [0.29, 0.717) is 16.3 Å². The highest BCUT2D eigenvalue weighted by Gasteiger charge is 2.22. The van der Waals surface area contributed by atoms with Gasteiger partial charge in [0, 0.05) is 5.56 Å². The van der Waals surface area contributed by atoms with E-state index >= 15 is 0 Å². The van der Waals surface area contributed by atoms with Crippen LogP contribution >= 0.6 is 11.3 Å². The summed E-state index contributed by atoms with van der Waals surface area (Å²) in [6.45, 7) is 0. The van der Waals surface area contributed by atoms with Gasteiger partial charge >= 0.3 is 5.97 Å². The van der Waals surface area contributed by atoms with Crippen molar-refractivity contribution in [1.29, 1.82) is 0 Å². The number of hydrogen-bond donors (Lipinski definition) is 2. The van der Waals surface area contributed by atoms with Crippen LogP contribution in [0, 0.1) is 0 Å². The van der Waals surface area contributed by atoms with E-state index in [1.807, 2.05) is 54.6 Å². The molecule has 0 atom stereocenters. The number of rotatable bonds is 6. The van der Waals surface area contributed by atoms with Gasteiger partial charge in [-0.1, -0.05) is 53.8 Å². The fourth-order valence-electron chi connectivity index (χ4n) is 2.99. The standard InChI is InChI=1S/C22H18N4O4S/c1-29-17-11-7-6-10-14(17)15-12-16(26-25-15)20(27)24-22-23-18(21(28)30-2)19(31-22)13-8-4-3-5-9-13/h3-12H,1-2H3,(H,25,26)(H,23,24,27). The second-order valence-corrected chi connectivity index (χ2v) is 7.37. The van der Waals surface area contributed by atoms with Gasteiger partial charge in [-0.3, -0.25) is 15.2 Å². The smallest absolute Gasteiger partial charge is 0.358 e. The van der Waals surface area contributed by atoms with Gasteiger partial charge in [-0.2, -0.15) is 5.10 Å². The highest BCUT2D eigenvalue weighted by Crippen LogP contribution is 2.34. The number of nitrogens with one attached hydrogen (secondary N) is 2. The van der Waals surface area contributed by atoms with Crippen LogP contribution in [0.2, 0.25) is 0 Å². The predicted octanol–water partition coefficient (Wildman–Crippen LogP) is 4.25. The number of carbonyl (C=O) groups excluding carboxylic acids is 2. The Hall–Kier alpha value is -3.98. The van der Waals surface area contributed by atoms with Crippen molar-refractivity contribution in [3.63, 3.8) is 0 Å². The fourth-order valence-corrected chi connectivity index (χ4v) is 3.94. The summed E-state index contributed by atoms with van der Waals surface area (Å²) in [6, 6.07) is 18.3. The Morgan fingerprint density at radius 3 is 2.52 bits per heavy atom. The van der Waals surface area contributed by atoms with Crippen molar-refractivity contribution in [1.82, 2.24) is 15.2 Å². The average Bonchev–Trinajstić information content (AvgIpc) is 3.47. The van der Waals surface area contributed by atoms with Crippen molar-refractivity contribution >= 4 is 28.3 Å². The van der Waals surface area contributed by atoms with Gasteiger partial charge in [-0.05, 0) is 23.8 Å². The Bertz CT molecular complexity index is 1230. The molecule has 4 aromatic rings. The van der Waals surface area contributed by atoms with Crippen molar-refractivity contribution < 1.29 is 19.1 Å². The lowest BCUT2D eigenvalue weighted by Gasteiger charge is -2.04. The second-order valence-electron chi connectivity index (χ2n) is 6.38. The largest absolute Gasteiger partial charge is 0.496 e. The Morgan fingerprint density at radius 1 is 1.03 bits per heavy atom. The lowest BCUT2D eigenvalue weighted by Crippen LogP contribution is -2.12. The van der Waals surface area contributed by atoms with Crippen LogP contribution in [0.5, 0.6) is 5.75 Å². The first-order valence-electron chi connectivity index (χ1n) is 9.25. The van der Waals surface area contributed by atoms with Crippen LogP contribution < -0.4 is 10.1 Å². The molecule has 0 aliphatic rings. The molecule has 2 aromatic heterocycles. The molecule has 1 amide bonds. The predicted molar refractivity (Wildman–Crippen MR) is 117 cm³/mol. The summed E-state index contributed by atoms with van der Waals surface area (Å²) in [5, 5.41) is 9.94. The number of hydrogen-bond acceptors (Lipinski definition) is 7. The number of amides is 1. The monoisotopic (exact) mass is 434 g/mol. The van der Waals surface area contributed by atoms with E-state index in [0.717, 1.165) is 11.1 Å². The lowest BCUT2D eigenvalue weighted by molar-refractivity contribution is 0.0595. The zero-order valence-electron chi connectivity index (χ0n) is 16.7. The molecule has 8 nitrogen and oxygen atoms in total. The number of H-pyrrole nitrogens is 1. The Balaban J connectivity index is 1.60. The summed E-state index contributed by atoms with van der Waals surface area (Å²) < 4.78 is 10.2. The van der Waals surface area contributed by atoms with E-state index in [-0.39, 0.29) is 16.5 Å². The number of ether oxygens (including phenoxy) is 2. The maximum absolute atomic E-state index is 12.7. The van der Waals surface area contributed by atoms with Crippen molar-refractivity contribution in [2.45, 2.75) is 0 Å². The Morgan fingerprint density at radius 2 is 1.77 bits per heavy atom.